The zero-order valence-electron chi connectivity index (χ0n) is 19.0. The number of anilines is 3. The molecule has 9 nitrogen and oxygen atoms in total. The Morgan fingerprint density at radius 3 is 2.57 bits per heavy atom. The van der Waals surface area contributed by atoms with Crippen molar-refractivity contribution in [3.63, 3.8) is 0 Å². The van der Waals surface area contributed by atoms with Crippen LogP contribution in [0.25, 0.3) is 28.2 Å². The third kappa shape index (κ3) is 4.29. The van der Waals surface area contributed by atoms with Gasteiger partial charge in [-0.2, -0.15) is 21.3 Å². The molecule has 6 rings (SSSR count). The normalized spacial score (nSPS) is 13.9. The number of nitrogens with two attached hydrogens (primary N) is 1. The third-order valence-corrected chi connectivity index (χ3v) is 6.62. The maximum atomic E-state index is 6.36. The molecule has 0 spiro atoms. The van der Waals surface area contributed by atoms with Gasteiger partial charge in [-0.05, 0) is 47.8 Å². The number of nitrogens with one attached hydrogen (secondary N) is 1. The molecule has 0 bridgehead atoms. The van der Waals surface area contributed by atoms with Crippen molar-refractivity contribution in [2.24, 2.45) is 0 Å². The quantitative estimate of drug-likeness (QED) is 0.373. The first kappa shape index (κ1) is 21.5. The van der Waals surface area contributed by atoms with E-state index >= 15 is 0 Å². The summed E-state index contributed by atoms with van der Waals surface area (Å²) >= 11 is 1.62. The van der Waals surface area contributed by atoms with Crippen LogP contribution in [0.1, 0.15) is 5.69 Å². The average Bonchev–Trinajstić information content (AvgIpc) is 3.57. The molecule has 0 amide bonds. The number of thiophene rings is 1. The molecule has 3 N–H and O–H groups in total. The van der Waals surface area contributed by atoms with Crippen LogP contribution in [-0.2, 0) is 11.3 Å². The standard InChI is InChI=1S/C25H24N8OS/c26-22-21-24(31-25(30-22)28-15-18-3-1-2-9-27-18)33(20-8-14-35-16-20)23(29-21)17-4-6-19(7-5-17)32-10-12-34-13-11-32/h1-9,14,16H,10-13,15H2,(H3,26,28,30,31). The number of hydrogen-bond donors (Lipinski definition) is 2. The summed E-state index contributed by atoms with van der Waals surface area (Å²) in [5, 5.41) is 7.35. The molecule has 1 aliphatic rings. The lowest BCUT2D eigenvalue weighted by Crippen LogP contribution is -2.36. The van der Waals surface area contributed by atoms with E-state index in [-0.39, 0.29) is 0 Å². The fraction of sp³-hybridized carbons (Fsp3) is 0.200. The van der Waals surface area contributed by atoms with Gasteiger partial charge in [0, 0.05) is 35.9 Å². The SMILES string of the molecule is Nc1nc(NCc2ccccn2)nc2c1nc(-c1ccc(N3CCOCC3)cc1)n2-c1ccsc1. The molecule has 1 fully saturated rings. The molecule has 5 heterocycles. The molecule has 1 saturated heterocycles. The van der Waals surface area contributed by atoms with Crippen LogP contribution < -0.4 is 16.0 Å². The van der Waals surface area contributed by atoms with E-state index in [1.54, 1.807) is 17.5 Å². The highest BCUT2D eigenvalue weighted by atomic mass is 32.1. The van der Waals surface area contributed by atoms with Crippen molar-refractivity contribution < 1.29 is 4.74 Å². The van der Waals surface area contributed by atoms with E-state index in [9.17, 15) is 0 Å². The van der Waals surface area contributed by atoms with Gasteiger partial charge in [0.05, 0.1) is 31.1 Å². The van der Waals surface area contributed by atoms with Crippen LogP contribution >= 0.6 is 11.3 Å². The zero-order chi connectivity index (χ0) is 23.6. The van der Waals surface area contributed by atoms with E-state index in [2.05, 4.69) is 55.9 Å². The summed E-state index contributed by atoms with van der Waals surface area (Å²) in [5.41, 5.74) is 11.6. The molecule has 4 aromatic heterocycles. The van der Waals surface area contributed by atoms with Crippen LogP contribution in [0.5, 0.6) is 0 Å². The predicted octanol–water partition coefficient (Wildman–Crippen LogP) is 3.97. The number of rotatable bonds is 6. The van der Waals surface area contributed by atoms with Crippen molar-refractivity contribution >= 4 is 40.0 Å². The summed E-state index contributed by atoms with van der Waals surface area (Å²) in [6.07, 6.45) is 1.76. The minimum absolute atomic E-state index is 0.332. The van der Waals surface area contributed by atoms with Crippen LogP contribution in [0, 0.1) is 0 Å². The molecule has 0 saturated carbocycles. The summed E-state index contributed by atoms with van der Waals surface area (Å²) < 4.78 is 7.52. The first-order valence-corrected chi connectivity index (χ1v) is 12.4. The van der Waals surface area contributed by atoms with Gasteiger partial charge in [-0.1, -0.05) is 6.07 Å². The second-order valence-electron chi connectivity index (χ2n) is 8.18. The van der Waals surface area contributed by atoms with Crippen molar-refractivity contribution in [3.05, 3.63) is 71.2 Å². The van der Waals surface area contributed by atoms with Gasteiger partial charge in [0.2, 0.25) is 5.95 Å². The van der Waals surface area contributed by atoms with Crippen LogP contribution in [-0.4, -0.2) is 50.8 Å². The Hall–Kier alpha value is -4.02. The monoisotopic (exact) mass is 484 g/mol. The molecule has 35 heavy (non-hydrogen) atoms. The number of aromatic nitrogens is 5. The molecule has 10 heteroatoms. The lowest BCUT2D eigenvalue weighted by Gasteiger charge is -2.28. The van der Waals surface area contributed by atoms with Gasteiger partial charge in [-0.25, -0.2) is 4.98 Å². The van der Waals surface area contributed by atoms with Gasteiger partial charge < -0.3 is 20.7 Å². The van der Waals surface area contributed by atoms with Crippen LogP contribution in [0.15, 0.2) is 65.5 Å². The second kappa shape index (κ2) is 9.32. The topological polar surface area (TPSA) is 107 Å². The number of nitrogens with zero attached hydrogens (tertiary/aromatic N) is 6. The zero-order valence-corrected chi connectivity index (χ0v) is 19.8. The van der Waals surface area contributed by atoms with Gasteiger partial charge in [-0.15, -0.1) is 0 Å². The van der Waals surface area contributed by atoms with Crippen molar-refractivity contribution in [2.45, 2.75) is 6.54 Å². The smallest absolute Gasteiger partial charge is 0.227 e. The van der Waals surface area contributed by atoms with Crippen molar-refractivity contribution in [3.8, 4) is 17.1 Å². The highest BCUT2D eigenvalue weighted by molar-refractivity contribution is 7.08. The number of hydrogen-bond acceptors (Lipinski definition) is 9. The minimum atomic E-state index is 0.332. The number of morpholine rings is 1. The van der Waals surface area contributed by atoms with E-state index < -0.39 is 0 Å². The van der Waals surface area contributed by atoms with Crippen LogP contribution in [0.3, 0.4) is 0 Å². The minimum Gasteiger partial charge on any atom is -0.382 e. The largest absolute Gasteiger partial charge is 0.382 e. The van der Waals surface area contributed by atoms with Crippen LogP contribution in [0.2, 0.25) is 0 Å². The van der Waals surface area contributed by atoms with E-state index in [0.29, 0.717) is 29.5 Å². The fourth-order valence-corrected chi connectivity index (χ4v) is 4.82. The van der Waals surface area contributed by atoms with Crippen molar-refractivity contribution in [2.75, 3.05) is 42.3 Å². The predicted molar refractivity (Wildman–Crippen MR) is 139 cm³/mol. The Balaban J connectivity index is 1.40. The molecule has 5 aromatic rings. The summed E-state index contributed by atoms with van der Waals surface area (Å²) in [6, 6.07) is 16.3. The van der Waals surface area contributed by atoms with Gasteiger partial charge in [-0.3, -0.25) is 9.55 Å². The summed E-state index contributed by atoms with van der Waals surface area (Å²) in [7, 11) is 0. The first-order valence-electron chi connectivity index (χ1n) is 11.4. The Kier molecular flexibility index (Phi) is 5.73. The Bertz CT molecular complexity index is 1430. The molecule has 1 aromatic carbocycles. The molecule has 0 unspecified atom stereocenters. The Labute approximate surface area is 206 Å². The molecule has 1 aliphatic heterocycles. The van der Waals surface area contributed by atoms with Crippen LogP contribution in [0.4, 0.5) is 17.5 Å². The van der Waals surface area contributed by atoms with E-state index in [1.165, 1.54) is 5.69 Å². The molecular formula is C25H24N8OS. The number of benzene rings is 1. The molecule has 0 aliphatic carbocycles. The van der Waals surface area contributed by atoms with Gasteiger partial charge in [0.15, 0.2) is 17.0 Å². The van der Waals surface area contributed by atoms with E-state index in [4.69, 9.17) is 20.4 Å². The Morgan fingerprint density at radius 2 is 1.83 bits per heavy atom. The highest BCUT2D eigenvalue weighted by Gasteiger charge is 2.20. The average molecular weight is 485 g/mol. The fourth-order valence-electron chi connectivity index (χ4n) is 4.20. The first-order chi connectivity index (χ1) is 17.3. The Morgan fingerprint density at radius 1 is 0.971 bits per heavy atom. The second-order valence-corrected chi connectivity index (χ2v) is 8.96. The number of ether oxygens (including phenoxy) is 1. The lowest BCUT2D eigenvalue weighted by molar-refractivity contribution is 0.122. The number of pyridine rings is 1. The van der Waals surface area contributed by atoms with E-state index in [1.807, 2.05) is 28.1 Å². The van der Waals surface area contributed by atoms with Gasteiger partial charge in [0.1, 0.15) is 5.82 Å². The van der Waals surface area contributed by atoms with Crippen molar-refractivity contribution in [1.29, 1.82) is 0 Å². The van der Waals surface area contributed by atoms with Crippen molar-refractivity contribution in [1.82, 2.24) is 24.5 Å². The number of imidazole rings is 1. The maximum absolute atomic E-state index is 6.36. The highest BCUT2D eigenvalue weighted by Crippen LogP contribution is 2.32. The molecule has 0 atom stereocenters. The molecule has 0 radical (unpaired) electrons. The molecular weight excluding hydrogens is 460 g/mol. The number of fused-ring (bicyclic) bond motifs is 1. The van der Waals surface area contributed by atoms with E-state index in [0.717, 1.165) is 49.1 Å². The van der Waals surface area contributed by atoms with Gasteiger partial charge >= 0.3 is 0 Å². The summed E-state index contributed by atoms with van der Waals surface area (Å²) in [6.45, 7) is 3.79. The lowest BCUT2D eigenvalue weighted by atomic mass is 10.1. The molecule has 176 valence electrons. The number of nitrogen functional groups attached to an aromatic ring is 1. The maximum Gasteiger partial charge on any atom is 0.227 e. The summed E-state index contributed by atoms with van der Waals surface area (Å²) in [5.74, 6) is 1.54. The summed E-state index contributed by atoms with van der Waals surface area (Å²) in [4.78, 5) is 20.8. The van der Waals surface area contributed by atoms with Gasteiger partial charge in [0.25, 0.3) is 0 Å². The third-order valence-electron chi connectivity index (χ3n) is 5.95.